The van der Waals surface area contributed by atoms with E-state index in [1.54, 1.807) is 14.2 Å². The predicted octanol–water partition coefficient (Wildman–Crippen LogP) is 5.11. The Morgan fingerprint density at radius 1 is 1.05 bits per heavy atom. The number of hydrogen-bond donors (Lipinski definition) is 0. The molecule has 1 aromatic carbocycles. The largest absolute Gasteiger partial charge is 0.493 e. The summed E-state index contributed by atoms with van der Waals surface area (Å²) in [6.45, 7) is 4.32. The quantitative estimate of drug-likeness (QED) is 0.653. The Labute approximate surface area is 127 Å². The topological polar surface area (TPSA) is 27.7 Å². The summed E-state index contributed by atoms with van der Waals surface area (Å²) in [5, 5.41) is 0. The van der Waals surface area contributed by atoms with E-state index in [0.29, 0.717) is 0 Å². The molecule has 0 spiro atoms. The van der Waals surface area contributed by atoms with E-state index in [1.807, 2.05) is 12.1 Å². The summed E-state index contributed by atoms with van der Waals surface area (Å²) in [4.78, 5) is 0. The van der Waals surface area contributed by atoms with Crippen molar-refractivity contribution in [1.29, 1.82) is 0 Å². The van der Waals surface area contributed by atoms with E-state index in [0.717, 1.165) is 29.2 Å². The lowest BCUT2D eigenvalue weighted by Gasteiger charge is -2.25. The number of fused-ring (bicyclic) bond motifs is 1. The summed E-state index contributed by atoms with van der Waals surface area (Å²) in [5.41, 5.74) is 2.34. The highest BCUT2D eigenvalue weighted by molar-refractivity contribution is 5.63. The van der Waals surface area contributed by atoms with Gasteiger partial charge in [0, 0.05) is 12.0 Å². The van der Waals surface area contributed by atoms with Gasteiger partial charge in [-0.1, -0.05) is 26.2 Å². The van der Waals surface area contributed by atoms with Crippen LogP contribution in [0.25, 0.3) is 6.08 Å². The number of rotatable bonds is 7. The van der Waals surface area contributed by atoms with E-state index in [9.17, 15) is 0 Å². The average Bonchev–Trinajstić information content (AvgIpc) is 2.50. The van der Waals surface area contributed by atoms with Gasteiger partial charge in [0.1, 0.15) is 6.10 Å². The third-order valence-corrected chi connectivity index (χ3v) is 3.95. The minimum absolute atomic E-state index is 0.0611. The lowest BCUT2D eigenvalue weighted by Crippen LogP contribution is -2.08. The van der Waals surface area contributed by atoms with Crippen LogP contribution in [-0.2, 0) is 4.74 Å². The van der Waals surface area contributed by atoms with Crippen molar-refractivity contribution in [2.75, 3.05) is 14.2 Å². The molecule has 0 amide bonds. The molecule has 0 saturated carbocycles. The zero-order valence-corrected chi connectivity index (χ0v) is 13.6. The van der Waals surface area contributed by atoms with Crippen molar-refractivity contribution >= 4 is 6.08 Å². The van der Waals surface area contributed by atoms with Gasteiger partial charge in [-0.2, -0.15) is 0 Å². The van der Waals surface area contributed by atoms with E-state index >= 15 is 0 Å². The second kappa shape index (κ2) is 7.39. The van der Waals surface area contributed by atoms with Crippen molar-refractivity contribution in [2.45, 2.75) is 52.1 Å². The highest BCUT2D eigenvalue weighted by Gasteiger charge is 2.21. The lowest BCUT2D eigenvalue weighted by molar-refractivity contribution is 0.122. The van der Waals surface area contributed by atoms with Gasteiger partial charge in [-0.15, -0.1) is 0 Å². The first-order valence-corrected chi connectivity index (χ1v) is 7.82. The molecule has 0 aromatic heterocycles. The maximum absolute atomic E-state index is 6.03. The van der Waals surface area contributed by atoms with Crippen LogP contribution in [0.15, 0.2) is 17.9 Å². The molecule has 0 fully saturated rings. The third-order valence-electron chi connectivity index (χ3n) is 3.95. The van der Waals surface area contributed by atoms with E-state index in [4.69, 9.17) is 14.2 Å². The molecule has 1 aliphatic rings. The highest BCUT2D eigenvalue weighted by Crippen LogP contribution is 2.39. The van der Waals surface area contributed by atoms with Crippen molar-refractivity contribution in [3.05, 3.63) is 29.0 Å². The SMILES string of the molecule is CCCCCCC1=Cc2cc(OC)c(OC)cc2C(C)O1. The summed E-state index contributed by atoms with van der Waals surface area (Å²) in [7, 11) is 3.33. The number of allylic oxidation sites excluding steroid dienone is 1. The Morgan fingerprint density at radius 3 is 2.43 bits per heavy atom. The maximum Gasteiger partial charge on any atom is 0.161 e. The molecule has 0 radical (unpaired) electrons. The molecular weight excluding hydrogens is 264 g/mol. The second-order valence-electron chi connectivity index (χ2n) is 5.52. The highest BCUT2D eigenvalue weighted by atomic mass is 16.5. The Morgan fingerprint density at radius 2 is 1.76 bits per heavy atom. The molecule has 0 bridgehead atoms. The van der Waals surface area contributed by atoms with Gasteiger partial charge < -0.3 is 14.2 Å². The Hall–Kier alpha value is -1.64. The summed E-state index contributed by atoms with van der Waals surface area (Å²) >= 11 is 0. The molecule has 3 nitrogen and oxygen atoms in total. The number of ether oxygens (including phenoxy) is 3. The summed E-state index contributed by atoms with van der Waals surface area (Å²) in [5.74, 6) is 2.61. The molecule has 0 aliphatic carbocycles. The fraction of sp³-hybridized carbons (Fsp3) is 0.556. The lowest BCUT2D eigenvalue weighted by atomic mass is 9.97. The van der Waals surface area contributed by atoms with Gasteiger partial charge in [0.15, 0.2) is 11.5 Å². The van der Waals surface area contributed by atoms with E-state index in [1.165, 1.54) is 31.2 Å². The fourth-order valence-electron chi connectivity index (χ4n) is 2.74. The van der Waals surface area contributed by atoms with Crippen molar-refractivity contribution in [2.24, 2.45) is 0 Å². The second-order valence-corrected chi connectivity index (χ2v) is 5.52. The van der Waals surface area contributed by atoms with Crippen molar-refractivity contribution in [3.8, 4) is 11.5 Å². The van der Waals surface area contributed by atoms with Gasteiger partial charge in [-0.3, -0.25) is 0 Å². The summed E-state index contributed by atoms with van der Waals surface area (Å²) in [6, 6.07) is 4.06. The van der Waals surface area contributed by atoms with Crippen molar-refractivity contribution in [1.82, 2.24) is 0 Å². The van der Waals surface area contributed by atoms with E-state index in [2.05, 4.69) is 19.9 Å². The zero-order chi connectivity index (χ0) is 15.2. The van der Waals surface area contributed by atoms with Gasteiger partial charge >= 0.3 is 0 Å². The molecule has 21 heavy (non-hydrogen) atoms. The minimum Gasteiger partial charge on any atom is -0.493 e. The standard InChI is InChI=1S/C18H26O3/c1-5-6-7-8-9-15-10-14-11-17(19-3)18(20-4)12-16(14)13(2)21-15/h10-13H,5-9H2,1-4H3. The molecule has 1 atom stereocenters. The van der Waals surface area contributed by atoms with Crippen LogP contribution >= 0.6 is 0 Å². The fourth-order valence-corrected chi connectivity index (χ4v) is 2.74. The van der Waals surface area contributed by atoms with Gasteiger partial charge in [-0.05, 0) is 37.1 Å². The first-order chi connectivity index (χ1) is 10.2. The zero-order valence-electron chi connectivity index (χ0n) is 13.6. The van der Waals surface area contributed by atoms with Crippen LogP contribution in [0.3, 0.4) is 0 Å². The van der Waals surface area contributed by atoms with Crippen LogP contribution in [0.4, 0.5) is 0 Å². The Kier molecular flexibility index (Phi) is 5.54. The van der Waals surface area contributed by atoms with Crippen molar-refractivity contribution < 1.29 is 14.2 Å². The Bertz CT molecular complexity index is 505. The number of benzene rings is 1. The third kappa shape index (κ3) is 3.72. The molecule has 1 heterocycles. The van der Waals surface area contributed by atoms with Crippen LogP contribution in [0.5, 0.6) is 11.5 Å². The van der Waals surface area contributed by atoms with Gasteiger partial charge in [0.2, 0.25) is 0 Å². The summed E-state index contributed by atoms with van der Waals surface area (Å²) < 4.78 is 16.8. The molecule has 116 valence electrons. The average molecular weight is 290 g/mol. The molecule has 0 N–H and O–H groups in total. The molecule has 1 aliphatic heterocycles. The van der Waals surface area contributed by atoms with Crippen LogP contribution < -0.4 is 9.47 Å². The van der Waals surface area contributed by atoms with Gasteiger partial charge in [0.05, 0.1) is 20.0 Å². The van der Waals surface area contributed by atoms with Crippen LogP contribution in [-0.4, -0.2) is 14.2 Å². The van der Waals surface area contributed by atoms with Crippen molar-refractivity contribution in [3.63, 3.8) is 0 Å². The van der Waals surface area contributed by atoms with E-state index in [-0.39, 0.29) is 6.10 Å². The molecule has 0 saturated heterocycles. The summed E-state index contributed by atoms with van der Waals surface area (Å²) in [6.07, 6.45) is 8.23. The smallest absolute Gasteiger partial charge is 0.161 e. The molecule has 2 rings (SSSR count). The van der Waals surface area contributed by atoms with Crippen LogP contribution in [0.1, 0.15) is 63.2 Å². The molecule has 3 heteroatoms. The predicted molar refractivity (Wildman–Crippen MR) is 85.8 cm³/mol. The number of hydrogen-bond acceptors (Lipinski definition) is 3. The normalized spacial score (nSPS) is 16.8. The first kappa shape index (κ1) is 15.7. The van der Waals surface area contributed by atoms with Gasteiger partial charge in [0.25, 0.3) is 0 Å². The minimum atomic E-state index is 0.0611. The molecular formula is C18H26O3. The van der Waals surface area contributed by atoms with Crippen LogP contribution in [0, 0.1) is 0 Å². The van der Waals surface area contributed by atoms with E-state index < -0.39 is 0 Å². The Balaban J connectivity index is 2.18. The maximum atomic E-state index is 6.03. The number of methoxy groups -OCH3 is 2. The van der Waals surface area contributed by atoms with Crippen LogP contribution in [0.2, 0.25) is 0 Å². The molecule has 1 unspecified atom stereocenters. The van der Waals surface area contributed by atoms with Gasteiger partial charge in [-0.25, -0.2) is 0 Å². The molecule has 1 aromatic rings. The monoisotopic (exact) mass is 290 g/mol. The number of unbranched alkanes of at least 4 members (excludes halogenated alkanes) is 3. The first-order valence-electron chi connectivity index (χ1n) is 7.82.